The summed E-state index contributed by atoms with van der Waals surface area (Å²) in [4.78, 5) is 23.6. The molecule has 0 radical (unpaired) electrons. The molecule has 1 fully saturated rings. The van der Waals surface area contributed by atoms with Crippen molar-refractivity contribution < 1.29 is 19.0 Å². The molecule has 0 saturated heterocycles. The van der Waals surface area contributed by atoms with Gasteiger partial charge in [-0.05, 0) is 18.9 Å². The van der Waals surface area contributed by atoms with Crippen LogP contribution in [0, 0.1) is 10.8 Å². The largest absolute Gasteiger partial charge is 0.497 e. The van der Waals surface area contributed by atoms with E-state index in [1.54, 1.807) is 25.3 Å². The SMILES string of the molecule is COc1ccc2c(c1)OC(CCNC(=O)C1CC1)[N+]2=O. The number of ether oxygens (including phenoxy) is 2. The van der Waals surface area contributed by atoms with Crippen LogP contribution in [0.5, 0.6) is 11.5 Å². The minimum atomic E-state index is -0.586. The third-order valence-corrected chi connectivity index (χ3v) is 3.57. The molecule has 1 atom stereocenters. The topological polar surface area (TPSA) is 67.6 Å². The molecule has 1 N–H and O–H groups in total. The Bertz CT molecular complexity index is 554. The lowest BCUT2D eigenvalue weighted by Gasteiger charge is -2.05. The van der Waals surface area contributed by atoms with Gasteiger partial charge in [0.1, 0.15) is 5.75 Å². The molecular weight excluding hydrogens is 260 g/mol. The highest BCUT2D eigenvalue weighted by Gasteiger charge is 2.40. The molecule has 1 heterocycles. The van der Waals surface area contributed by atoms with E-state index in [4.69, 9.17) is 9.47 Å². The van der Waals surface area contributed by atoms with Gasteiger partial charge in [0.2, 0.25) is 11.7 Å². The lowest BCUT2D eigenvalue weighted by atomic mass is 10.3. The van der Waals surface area contributed by atoms with Crippen LogP contribution in [0.2, 0.25) is 0 Å². The fourth-order valence-electron chi connectivity index (χ4n) is 2.23. The third-order valence-electron chi connectivity index (χ3n) is 3.57. The molecule has 0 spiro atoms. The Morgan fingerprint density at radius 3 is 3.00 bits per heavy atom. The van der Waals surface area contributed by atoms with Crippen LogP contribution in [0.25, 0.3) is 0 Å². The Hall–Kier alpha value is -2.11. The van der Waals surface area contributed by atoms with Crippen molar-refractivity contribution >= 4 is 11.6 Å². The standard InChI is InChI=1S/C14H16N2O4/c1-19-10-4-5-11-12(8-10)20-13(16(11)18)6-7-15-14(17)9-2-3-9/h4-5,8-9,13H,2-3,6-7H2,1H3/p+1. The van der Waals surface area contributed by atoms with Gasteiger partial charge in [-0.15, -0.1) is 0 Å². The summed E-state index contributed by atoms with van der Waals surface area (Å²) < 4.78 is 11.5. The number of methoxy groups -OCH3 is 1. The number of nitroso groups, excluding NO2 is 1. The smallest absolute Gasteiger partial charge is 0.352 e. The minimum Gasteiger partial charge on any atom is -0.497 e. The lowest BCUT2D eigenvalue weighted by molar-refractivity contribution is -0.529. The molecule has 0 aromatic heterocycles. The van der Waals surface area contributed by atoms with E-state index in [1.165, 1.54) is 0 Å². The van der Waals surface area contributed by atoms with Crippen molar-refractivity contribution in [1.82, 2.24) is 5.32 Å². The van der Waals surface area contributed by atoms with Gasteiger partial charge in [-0.1, -0.05) is 0 Å². The van der Waals surface area contributed by atoms with Crippen molar-refractivity contribution in [1.29, 1.82) is 0 Å². The second-order valence-electron chi connectivity index (χ2n) is 5.09. The van der Waals surface area contributed by atoms with E-state index in [2.05, 4.69) is 5.32 Å². The van der Waals surface area contributed by atoms with Gasteiger partial charge in [0.25, 0.3) is 0 Å². The van der Waals surface area contributed by atoms with Crippen LogP contribution < -0.4 is 14.8 Å². The van der Waals surface area contributed by atoms with Crippen molar-refractivity contribution in [2.45, 2.75) is 25.5 Å². The van der Waals surface area contributed by atoms with E-state index in [1.807, 2.05) is 0 Å². The average molecular weight is 277 g/mol. The van der Waals surface area contributed by atoms with Crippen molar-refractivity contribution in [2.75, 3.05) is 13.7 Å². The average Bonchev–Trinajstić information content (AvgIpc) is 3.25. The molecule has 1 aromatic rings. The summed E-state index contributed by atoms with van der Waals surface area (Å²) in [6.07, 6.45) is 1.82. The Labute approximate surface area is 116 Å². The van der Waals surface area contributed by atoms with Gasteiger partial charge in [0.15, 0.2) is 0 Å². The first-order chi connectivity index (χ1) is 9.69. The number of nitrogens with one attached hydrogen (secondary N) is 1. The summed E-state index contributed by atoms with van der Waals surface area (Å²) in [6.45, 7) is 0.448. The van der Waals surface area contributed by atoms with Gasteiger partial charge in [-0.25, -0.2) is 0 Å². The molecular formula is C14H17N2O4+. The van der Waals surface area contributed by atoms with Crippen molar-refractivity contribution in [3.63, 3.8) is 0 Å². The second kappa shape index (κ2) is 5.11. The van der Waals surface area contributed by atoms with Gasteiger partial charge in [-0.2, -0.15) is 0 Å². The molecule has 3 rings (SSSR count). The van der Waals surface area contributed by atoms with Crippen molar-refractivity contribution in [2.24, 2.45) is 5.92 Å². The zero-order valence-corrected chi connectivity index (χ0v) is 11.3. The molecule has 106 valence electrons. The van der Waals surface area contributed by atoms with Crippen LogP contribution in [-0.2, 0) is 4.79 Å². The van der Waals surface area contributed by atoms with E-state index in [-0.39, 0.29) is 11.8 Å². The minimum absolute atomic E-state index is 0.0830. The molecule has 2 aliphatic rings. The Balaban J connectivity index is 1.57. The summed E-state index contributed by atoms with van der Waals surface area (Å²) >= 11 is 0. The maximum atomic E-state index is 12.1. The maximum absolute atomic E-state index is 12.1. The number of carbonyl (C=O) groups excluding carboxylic acids is 1. The number of amides is 1. The maximum Gasteiger partial charge on any atom is 0.352 e. The van der Waals surface area contributed by atoms with E-state index < -0.39 is 6.23 Å². The number of nitrogens with zero attached hydrogens (tertiary/aromatic N) is 1. The summed E-state index contributed by atoms with van der Waals surface area (Å²) in [7, 11) is 1.57. The number of fused-ring (bicyclic) bond motifs is 1. The molecule has 6 nitrogen and oxygen atoms in total. The first-order valence-electron chi connectivity index (χ1n) is 6.78. The molecule has 1 unspecified atom stereocenters. The Morgan fingerprint density at radius 1 is 1.50 bits per heavy atom. The predicted octanol–water partition coefficient (Wildman–Crippen LogP) is 1.74. The fourth-order valence-corrected chi connectivity index (χ4v) is 2.23. The summed E-state index contributed by atoms with van der Waals surface area (Å²) in [5.74, 6) is 1.45. The number of carbonyl (C=O) groups is 1. The Kier molecular flexibility index (Phi) is 3.30. The zero-order valence-electron chi connectivity index (χ0n) is 11.3. The zero-order chi connectivity index (χ0) is 14.1. The monoisotopic (exact) mass is 277 g/mol. The van der Waals surface area contributed by atoms with Gasteiger partial charge in [0.05, 0.1) is 18.3 Å². The van der Waals surface area contributed by atoms with Gasteiger partial charge in [-0.3, -0.25) is 4.79 Å². The van der Waals surface area contributed by atoms with Crippen LogP contribution in [0.3, 0.4) is 0 Å². The normalized spacial score (nSPS) is 20.2. The van der Waals surface area contributed by atoms with E-state index in [9.17, 15) is 9.70 Å². The van der Waals surface area contributed by atoms with Gasteiger partial charge >= 0.3 is 11.9 Å². The Morgan fingerprint density at radius 2 is 2.30 bits per heavy atom. The fraction of sp³-hybridized carbons (Fsp3) is 0.500. The first-order valence-corrected chi connectivity index (χ1v) is 6.78. The van der Waals surface area contributed by atoms with E-state index in [0.717, 1.165) is 17.6 Å². The van der Waals surface area contributed by atoms with E-state index in [0.29, 0.717) is 30.2 Å². The van der Waals surface area contributed by atoms with Gasteiger partial charge in [0, 0.05) is 29.5 Å². The molecule has 6 heteroatoms. The molecule has 1 amide bonds. The number of rotatable bonds is 5. The first kappa shape index (κ1) is 12.9. The molecule has 1 aromatic carbocycles. The van der Waals surface area contributed by atoms with E-state index >= 15 is 0 Å². The van der Waals surface area contributed by atoms with Crippen LogP contribution in [0.4, 0.5) is 5.69 Å². The summed E-state index contributed by atoms with van der Waals surface area (Å²) in [6, 6.07) is 5.11. The number of hydrogen-bond donors (Lipinski definition) is 1. The van der Waals surface area contributed by atoms with Crippen LogP contribution in [0.15, 0.2) is 18.2 Å². The predicted molar refractivity (Wildman–Crippen MR) is 71.0 cm³/mol. The third kappa shape index (κ3) is 2.45. The highest BCUT2D eigenvalue weighted by molar-refractivity contribution is 5.80. The van der Waals surface area contributed by atoms with Crippen LogP contribution >= 0.6 is 0 Å². The quantitative estimate of drug-likeness (QED) is 0.832. The number of benzene rings is 1. The lowest BCUT2D eigenvalue weighted by Crippen LogP contribution is -2.31. The van der Waals surface area contributed by atoms with Gasteiger partial charge < -0.3 is 14.8 Å². The molecule has 1 saturated carbocycles. The summed E-state index contributed by atoms with van der Waals surface area (Å²) in [5, 5.41) is 2.83. The molecule has 1 aliphatic carbocycles. The molecule has 1 aliphatic heterocycles. The van der Waals surface area contributed by atoms with Crippen molar-refractivity contribution in [3.05, 3.63) is 23.1 Å². The number of hydrogen-bond acceptors (Lipinski definition) is 4. The summed E-state index contributed by atoms with van der Waals surface area (Å²) in [5.41, 5.74) is 0.504. The highest BCUT2D eigenvalue weighted by Crippen LogP contribution is 2.38. The molecule has 0 bridgehead atoms. The van der Waals surface area contributed by atoms with Crippen LogP contribution in [0.1, 0.15) is 19.3 Å². The second-order valence-corrected chi connectivity index (χ2v) is 5.09. The highest BCUT2D eigenvalue weighted by atomic mass is 16.5. The van der Waals surface area contributed by atoms with Crippen LogP contribution in [-0.4, -0.2) is 30.5 Å². The van der Waals surface area contributed by atoms with Crippen molar-refractivity contribution in [3.8, 4) is 11.5 Å². The molecule has 20 heavy (non-hydrogen) atoms.